The summed E-state index contributed by atoms with van der Waals surface area (Å²) >= 11 is 6.09. The quantitative estimate of drug-likeness (QED) is 0.151. The molecular weight excluding hydrogens is 739 g/mol. The third-order valence-electron chi connectivity index (χ3n) is 9.43. The number of carboxylic acids is 2. The van der Waals surface area contributed by atoms with E-state index >= 15 is 0 Å². The van der Waals surface area contributed by atoms with Gasteiger partial charge in [0.15, 0.2) is 23.2 Å². The number of aromatic nitrogens is 4. The summed E-state index contributed by atoms with van der Waals surface area (Å²) in [5.74, 6) is -0.132. The van der Waals surface area contributed by atoms with Gasteiger partial charge in [-0.1, -0.05) is 11.6 Å². The summed E-state index contributed by atoms with van der Waals surface area (Å²) < 4.78 is 25.5. The van der Waals surface area contributed by atoms with E-state index in [0.29, 0.717) is 78.2 Å². The normalized spacial score (nSPS) is 11.5. The first-order valence-corrected chi connectivity index (χ1v) is 18.0. The number of benzene rings is 4. The summed E-state index contributed by atoms with van der Waals surface area (Å²) in [6.07, 6.45) is 0. The lowest BCUT2D eigenvalue weighted by molar-refractivity contribution is 0.0686. The maximum atomic E-state index is 13.5. The Balaban J connectivity index is 0.000000172. The number of nitrogens with zero attached hydrogens (tertiary/aromatic N) is 6. The largest absolute Gasteiger partial charge is 0.478 e. The predicted molar refractivity (Wildman–Crippen MR) is 215 cm³/mol. The van der Waals surface area contributed by atoms with Crippen molar-refractivity contribution in [1.29, 1.82) is 0 Å². The third-order valence-corrected chi connectivity index (χ3v) is 9.66. The molecule has 8 aromatic rings. The Kier molecular flexibility index (Phi) is 10.0. The number of rotatable bonds is 8. The fourth-order valence-corrected chi connectivity index (χ4v) is 6.11. The van der Waals surface area contributed by atoms with Gasteiger partial charge >= 0.3 is 11.9 Å². The van der Waals surface area contributed by atoms with E-state index < -0.39 is 11.9 Å². The Morgan fingerprint density at radius 1 is 0.607 bits per heavy atom. The first-order chi connectivity index (χ1) is 26.7. The molecule has 8 rings (SSSR count). The molecule has 0 aliphatic carbocycles. The second-order valence-corrected chi connectivity index (χ2v) is 14.2. The molecule has 0 amide bonds. The minimum atomic E-state index is -1.02. The molecular formula is C42H36ClFN6O6. The average molecular weight is 775 g/mol. The lowest BCUT2D eigenvalue weighted by atomic mass is 10.1. The monoisotopic (exact) mass is 774 g/mol. The van der Waals surface area contributed by atoms with Crippen molar-refractivity contribution in [2.75, 3.05) is 23.9 Å². The van der Waals surface area contributed by atoms with Crippen molar-refractivity contribution in [3.63, 3.8) is 0 Å². The van der Waals surface area contributed by atoms with Gasteiger partial charge in [0.1, 0.15) is 28.4 Å². The van der Waals surface area contributed by atoms with Gasteiger partial charge in [-0.05, 0) is 113 Å². The highest BCUT2D eigenvalue weighted by atomic mass is 35.5. The second kappa shape index (κ2) is 14.9. The van der Waals surface area contributed by atoms with Crippen molar-refractivity contribution >= 4 is 79.2 Å². The van der Waals surface area contributed by atoms with Crippen molar-refractivity contribution in [3.8, 4) is 22.9 Å². The van der Waals surface area contributed by atoms with Gasteiger partial charge in [-0.2, -0.15) is 0 Å². The first-order valence-electron chi connectivity index (χ1n) is 17.6. The number of fused-ring (bicyclic) bond motifs is 4. The number of hydrogen-bond acceptors (Lipinski definition) is 10. The van der Waals surface area contributed by atoms with Crippen LogP contribution in [0.15, 0.2) is 93.8 Å². The topological polar surface area (TPSA) is 159 Å². The highest BCUT2D eigenvalue weighted by Crippen LogP contribution is 2.36. The molecule has 12 nitrogen and oxygen atoms in total. The van der Waals surface area contributed by atoms with Gasteiger partial charge in [-0.25, -0.2) is 33.9 Å². The van der Waals surface area contributed by atoms with Crippen molar-refractivity contribution in [1.82, 2.24) is 19.9 Å². The molecule has 0 saturated carbocycles. The molecule has 0 fully saturated rings. The smallest absolute Gasteiger partial charge is 0.335 e. The van der Waals surface area contributed by atoms with Gasteiger partial charge in [0.25, 0.3) is 0 Å². The number of halogens is 2. The molecule has 14 heteroatoms. The minimum Gasteiger partial charge on any atom is -0.478 e. The first kappa shape index (κ1) is 37.7. The van der Waals surface area contributed by atoms with Crippen molar-refractivity contribution in [2.24, 2.45) is 0 Å². The van der Waals surface area contributed by atoms with Crippen LogP contribution < -0.4 is 9.80 Å². The van der Waals surface area contributed by atoms with Gasteiger partial charge in [-0.15, -0.1) is 0 Å². The number of carboxylic acid groups (broad SMARTS) is 2. The molecule has 0 unspecified atom stereocenters. The Bertz CT molecular complexity index is 2630. The third kappa shape index (κ3) is 7.40. The van der Waals surface area contributed by atoms with E-state index in [1.807, 2.05) is 69.8 Å². The Hall–Kier alpha value is -6.60. The second-order valence-electron chi connectivity index (χ2n) is 13.8. The van der Waals surface area contributed by atoms with Crippen LogP contribution in [0.4, 0.5) is 16.0 Å². The van der Waals surface area contributed by atoms with Crippen LogP contribution in [0.1, 0.15) is 48.4 Å². The van der Waals surface area contributed by atoms with Gasteiger partial charge in [0, 0.05) is 42.0 Å². The maximum absolute atomic E-state index is 13.5. The Morgan fingerprint density at radius 3 is 1.50 bits per heavy atom. The summed E-state index contributed by atoms with van der Waals surface area (Å²) in [5, 5.41) is 20.6. The highest BCUT2D eigenvalue weighted by Gasteiger charge is 2.22. The molecule has 4 heterocycles. The van der Waals surface area contributed by atoms with Gasteiger partial charge in [-0.3, -0.25) is 0 Å². The number of anilines is 2. The van der Waals surface area contributed by atoms with Crippen LogP contribution in [0.2, 0.25) is 5.02 Å². The molecule has 0 radical (unpaired) electrons. The Morgan fingerprint density at radius 2 is 1.05 bits per heavy atom. The summed E-state index contributed by atoms with van der Waals surface area (Å²) in [5.41, 5.74) is 4.84. The minimum absolute atomic E-state index is 0.120. The molecule has 0 spiro atoms. The molecule has 284 valence electrons. The maximum Gasteiger partial charge on any atom is 0.335 e. The zero-order valence-corrected chi connectivity index (χ0v) is 32.0. The van der Waals surface area contributed by atoms with E-state index in [-0.39, 0.29) is 29.0 Å². The molecule has 0 atom stereocenters. The van der Waals surface area contributed by atoms with Crippen molar-refractivity contribution < 1.29 is 33.0 Å². The molecule has 0 aliphatic rings. The fourth-order valence-electron chi connectivity index (χ4n) is 5.93. The van der Waals surface area contributed by atoms with E-state index in [1.54, 1.807) is 30.3 Å². The number of aromatic carboxylic acids is 2. The zero-order chi connectivity index (χ0) is 40.0. The summed E-state index contributed by atoms with van der Waals surface area (Å²) in [6.45, 7) is 8.11. The van der Waals surface area contributed by atoms with Crippen LogP contribution in [0.5, 0.6) is 0 Å². The zero-order valence-electron chi connectivity index (χ0n) is 31.2. The van der Waals surface area contributed by atoms with E-state index in [0.717, 1.165) is 5.39 Å². The van der Waals surface area contributed by atoms with E-state index in [2.05, 4.69) is 9.97 Å². The molecule has 56 heavy (non-hydrogen) atoms. The van der Waals surface area contributed by atoms with Gasteiger partial charge in [0.2, 0.25) is 0 Å². The predicted octanol–water partition coefficient (Wildman–Crippen LogP) is 9.96. The standard InChI is InChI=1S/C21H18ClN3O3.C21H18FN3O3/c2*1-11(2)25(3)20-19(18-10-13-8-14(22)5-7-17(13)28-18)23-15-6-4-12(21(26)27)9-16(15)24-20/h2*4-11H,1-3H3,(H,26,27). The molecule has 0 saturated heterocycles. The van der Waals surface area contributed by atoms with Gasteiger partial charge < -0.3 is 28.8 Å². The molecule has 2 N–H and O–H groups in total. The van der Waals surface area contributed by atoms with Crippen molar-refractivity contribution in [3.05, 3.63) is 107 Å². The van der Waals surface area contributed by atoms with E-state index in [1.165, 1.54) is 36.4 Å². The van der Waals surface area contributed by atoms with Crippen molar-refractivity contribution in [2.45, 2.75) is 39.8 Å². The highest BCUT2D eigenvalue weighted by molar-refractivity contribution is 6.31. The Labute approximate surface area is 324 Å². The van der Waals surface area contributed by atoms with Crippen LogP contribution in [-0.2, 0) is 0 Å². The van der Waals surface area contributed by atoms with Gasteiger partial charge in [0.05, 0.1) is 33.2 Å². The number of hydrogen-bond donors (Lipinski definition) is 2. The lowest BCUT2D eigenvalue weighted by Crippen LogP contribution is -2.27. The molecule has 0 bridgehead atoms. The lowest BCUT2D eigenvalue weighted by Gasteiger charge is -2.24. The summed E-state index contributed by atoms with van der Waals surface area (Å²) in [7, 11) is 3.80. The summed E-state index contributed by atoms with van der Waals surface area (Å²) in [6, 6.07) is 23.0. The number of furan rings is 2. The SMILES string of the molecule is CC(C)N(C)c1nc2cc(C(=O)O)ccc2nc1-c1cc2cc(Cl)ccc2o1.CC(C)N(C)c1nc2cc(C(=O)O)ccc2nc1-c1cc2cc(F)ccc2o1. The van der Waals surface area contributed by atoms with Crippen LogP contribution in [0, 0.1) is 5.82 Å². The molecule has 4 aromatic carbocycles. The average Bonchev–Trinajstić information content (AvgIpc) is 3.79. The fraction of sp³-hybridized carbons (Fsp3) is 0.190. The summed E-state index contributed by atoms with van der Waals surface area (Å²) in [4.78, 5) is 45.3. The van der Waals surface area contributed by atoms with Crippen LogP contribution in [-0.4, -0.2) is 68.3 Å². The van der Waals surface area contributed by atoms with Crippen LogP contribution >= 0.6 is 11.6 Å². The number of carbonyl (C=O) groups is 2. The van der Waals surface area contributed by atoms with E-state index in [4.69, 9.17) is 30.4 Å². The molecule has 4 aromatic heterocycles. The van der Waals surface area contributed by atoms with Crippen LogP contribution in [0.3, 0.4) is 0 Å². The van der Waals surface area contributed by atoms with E-state index in [9.17, 15) is 24.2 Å². The molecule has 0 aliphatic heterocycles. The van der Waals surface area contributed by atoms with Crippen LogP contribution in [0.25, 0.3) is 66.9 Å².